The van der Waals surface area contributed by atoms with Crippen LogP contribution in [-0.2, 0) is 4.79 Å². The molecule has 0 saturated carbocycles. The normalized spacial score (nSPS) is 11.7. The second-order valence-electron chi connectivity index (χ2n) is 6.75. The van der Waals surface area contributed by atoms with Gasteiger partial charge in [0, 0.05) is 16.1 Å². The molecule has 2 amide bonds. The maximum absolute atomic E-state index is 13.1. The number of fused-ring (bicyclic) bond motifs is 1. The lowest BCUT2D eigenvalue weighted by Crippen LogP contribution is -2.40. The summed E-state index contributed by atoms with van der Waals surface area (Å²) in [6.07, 6.45) is -2.86. The Morgan fingerprint density at radius 2 is 1.69 bits per heavy atom. The number of nitrogens with one attached hydrogen (secondary N) is 2. The van der Waals surface area contributed by atoms with Crippen molar-refractivity contribution in [1.29, 1.82) is 0 Å². The molecule has 0 aliphatic heterocycles. The highest BCUT2D eigenvalue weighted by Crippen LogP contribution is 2.25. The molecule has 3 N–H and O–H groups in total. The van der Waals surface area contributed by atoms with E-state index in [1.807, 2.05) is 0 Å². The minimum absolute atomic E-state index is 0.162. The fraction of sp³-hybridized carbons (Fsp3) is 0.0455. The highest BCUT2D eigenvalue weighted by atomic mass is 35.5. The lowest BCUT2D eigenvalue weighted by Gasteiger charge is -2.18. The highest BCUT2D eigenvalue weighted by Gasteiger charge is 2.27. The number of carbonyl (C=O) groups excluding carboxylic acids is 2. The molecule has 3 aromatic carbocycles. The number of hydrogen-bond donors (Lipinski definition) is 3. The van der Waals surface area contributed by atoms with Crippen LogP contribution in [0.1, 0.15) is 22.1 Å². The Morgan fingerprint density at radius 1 is 0.969 bits per heavy atom. The molecule has 32 heavy (non-hydrogen) atoms. The molecule has 0 radical (unpaired) electrons. The molecule has 0 fully saturated rings. The Hall–Kier alpha value is -4.24. The van der Waals surface area contributed by atoms with Gasteiger partial charge in [0.1, 0.15) is 5.52 Å². The number of para-hydroxylation sites is 1. The number of carboxylic acid groups (broad SMARTS) is 1. The summed E-state index contributed by atoms with van der Waals surface area (Å²) in [6, 6.07) is 19.8. The Bertz CT molecular complexity index is 1320. The van der Waals surface area contributed by atoms with Crippen LogP contribution in [0.5, 0.6) is 0 Å². The predicted molar refractivity (Wildman–Crippen MR) is 118 cm³/mol. The van der Waals surface area contributed by atoms with E-state index in [9.17, 15) is 19.5 Å². The molecular formula is C22H16ClN5O4. The van der Waals surface area contributed by atoms with E-state index < -0.39 is 18.2 Å². The van der Waals surface area contributed by atoms with Crippen LogP contribution in [0.15, 0.2) is 72.8 Å². The third-order valence-corrected chi connectivity index (χ3v) is 4.89. The summed E-state index contributed by atoms with van der Waals surface area (Å²) >= 11 is 6.09. The molecule has 10 heteroatoms. The van der Waals surface area contributed by atoms with Gasteiger partial charge in [0.25, 0.3) is 5.91 Å². The number of benzene rings is 3. The van der Waals surface area contributed by atoms with E-state index >= 15 is 0 Å². The number of amides is 2. The summed E-state index contributed by atoms with van der Waals surface area (Å²) in [7, 11) is 0. The first-order valence-electron chi connectivity index (χ1n) is 9.43. The lowest BCUT2D eigenvalue weighted by molar-refractivity contribution is -0.120. The molecule has 1 aromatic heterocycles. The SMILES string of the molecule is O=C(O)NC(C(=O)Nc1ccc(Cl)cc1C(=O)c1ccccc1)n1nnc2ccccc21. The number of carbonyl (C=O) groups is 3. The van der Waals surface area contributed by atoms with Gasteiger partial charge < -0.3 is 10.4 Å². The average molecular weight is 450 g/mol. The number of hydrogen-bond acceptors (Lipinski definition) is 5. The Kier molecular flexibility index (Phi) is 5.82. The number of halogens is 1. The number of ketones is 1. The first-order chi connectivity index (χ1) is 15.4. The van der Waals surface area contributed by atoms with Gasteiger partial charge in [0.05, 0.1) is 11.2 Å². The first-order valence-corrected chi connectivity index (χ1v) is 9.81. The van der Waals surface area contributed by atoms with Gasteiger partial charge in [-0.1, -0.05) is 59.3 Å². The van der Waals surface area contributed by atoms with E-state index in [0.29, 0.717) is 21.6 Å². The minimum atomic E-state index is -1.43. The smallest absolute Gasteiger partial charge is 0.406 e. The number of anilines is 1. The quantitative estimate of drug-likeness (QED) is 0.385. The van der Waals surface area contributed by atoms with Crippen molar-refractivity contribution in [2.45, 2.75) is 6.17 Å². The molecule has 4 aromatic rings. The molecule has 160 valence electrons. The van der Waals surface area contributed by atoms with Crippen LogP contribution in [0, 0.1) is 0 Å². The van der Waals surface area contributed by atoms with Crippen LogP contribution in [-0.4, -0.2) is 37.9 Å². The Labute approximate surface area is 186 Å². The van der Waals surface area contributed by atoms with Crippen molar-refractivity contribution in [3.05, 3.63) is 88.9 Å². The molecule has 9 nitrogen and oxygen atoms in total. The maximum atomic E-state index is 13.1. The largest absolute Gasteiger partial charge is 0.465 e. The topological polar surface area (TPSA) is 126 Å². The van der Waals surface area contributed by atoms with Gasteiger partial charge in [0.15, 0.2) is 5.78 Å². The third-order valence-electron chi connectivity index (χ3n) is 4.65. The average Bonchev–Trinajstić information content (AvgIpc) is 3.22. The van der Waals surface area contributed by atoms with Crippen molar-refractivity contribution in [2.24, 2.45) is 0 Å². The molecular weight excluding hydrogens is 434 g/mol. The van der Waals surface area contributed by atoms with E-state index in [1.54, 1.807) is 54.6 Å². The molecule has 1 heterocycles. The van der Waals surface area contributed by atoms with E-state index in [-0.39, 0.29) is 17.0 Å². The van der Waals surface area contributed by atoms with E-state index in [4.69, 9.17) is 11.6 Å². The summed E-state index contributed by atoms with van der Waals surface area (Å²) in [5, 5.41) is 22.2. The van der Waals surface area contributed by atoms with Crippen LogP contribution >= 0.6 is 11.6 Å². The second-order valence-corrected chi connectivity index (χ2v) is 7.19. The van der Waals surface area contributed by atoms with Crippen LogP contribution in [0.2, 0.25) is 5.02 Å². The monoisotopic (exact) mass is 449 g/mol. The van der Waals surface area contributed by atoms with Gasteiger partial charge in [-0.25, -0.2) is 9.48 Å². The molecule has 1 unspecified atom stereocenters. The number of rotatable bonds is 6. The van der Waals surface area contributed by atoms with Crippen LogP contribution in [0.4, 0.5) is 10.5 Å². The van der Waals surface area contributed by atoms with Crippen molar-refractivity contribution < 1.29 is 19.5 Å². The zero-order valence-electron chi connectivity index (χ0n) is 16.4. The summed E-state index contributed by atoms with van der Waals surface area (Å²) in [6.45, 7) is 0. The fourth-order valence-corrected chi connectivity index (χ4v) is 3.36. The van der Waals surface area contributed by atoms with Gasteiger partial charge in [-0.2, -0.15) is 0 Å². The van der Waals surface area contributed by atoms with Gasteiger partial charge in [-0.05, 0) is 30.3 Å². The molecule has 0 aliphatic rings. The van der Waals surface area contributed by atoms with Gasteiger partial charge in [-0.15, -0.1) is 5.10 Å². The Balaban J connectivity index is 1.70. The number of aromatic nitrogens is 3. The van der Waals surface area contributed by atoms with E-state index in [1.165, 1.54) is 18.2 Å². The standard InChI is InChI=1S/C22H16ClN5O4/c23-14-10-11-16(15(12-14)19(29)13-6-2-1-3-7-13)24-21(30)20(25-22(31)32)28-18-9-5-4-8-17(18)26-27-28/h1-12,20,25H,(H,24,30)(H,31,32). The maximum Gasteiger partial charge on any atom is 0.406 e. The zero-order valence-corrected chi connectivity index (χ0v) is 17.2. The van der Waals surface area contributed by atoms with Crippen molar-refractivity contribution in [3.63, 3.8) is 0 Å². The molecule has 0 bridgehead atoms. The summed E-state index contributed by atoms with van der Waals surface area (Å²) < 4.78 is 1.16. The first kappa shape index (κ1) is 21.0. The minimum Gasteiger partial charge on any atom is -0.465 e. The summed E-state index contributed by atoms with van der Waals surface area (Å²) in [5.41, 5.74) is 1.69. The van der Waals surface area contributed by atoms with Crippen molar-refractivity contribution in [1.82, 2.24) is 20.3 Å². The van der Waals surface area contributed by atoms with Gasteiger partial charge >= 0.3 is 6.09 Å². The molecule has 0 aliphatic carbocycles. The lowest BCUT2D eigenvalue weighted by atomic mass is 10.0. The van der Waals surface area contributed by atoms with Gasteiger partial charge in [-0.3, -0.25) is 14.9 Å². The van der Waals surface area contributed by atoms with Crippen LogP contribution in [0.25, 0.3) is 11.0 Å². The van der Waals surface area contributed by atoms with Crippen LogP contribution < -0.4 is 10.6 Å². The van der Waals surface area contributed by atoms with Crippen molar-refractivity contribution in [2.75, 3.05) is 5.32 Å². The predicted octanol–water partition coefficient (Wildman–Crippen LogP) is 3.72. The molecule has 1 atom stereocenters. The van der Waals surface area contributed by atoms with E-state index in [2.05, 4.69) is 20.9 Å². The molecule has 0 saturated heterocycles. The van der Waals surface area contributed by atoms with Gasteiger partial charge in [0.2, 0.25) is 6.17 Å². The summed E-state index contributed by atoms with van der Waals surface area (Å²) in [4.78, 5) is 37.5. The van der Waals surface area contributed by atoms with Crippen LogP contribution in [0.3, 0.4) is 0 Å². The summed E-state index contributed by atoms with van der Waals surface area (Å²) in [5.74, 6) is -1.11. The third kappa shape index (κ3) is 4.28. The highest BCUT2D eigenvalue weighted by molar-refractivity contribution is 6.31. The second kappa shape index (κ2) is 8.86. The fourth-order valence-electron chi connectivity index (χ4n) is 3.19. The van der Waals surface area contributed by atoms with Crippen molar-refractivity contribution >= 4 is 46.1 Å². The molecule has 4 rings (SSSR count). The number of nitrogens with zero attached hydrogens (tertiary/aromatic N) is 3. The van der Waals surface area contributed by atoms with Crippen molar-refractivity contribution in [3.8, 4) is 0 Å². The zero-order chi connectivity index (χ0) is 22.7. The van der Waals surface area contributed by atoms with E-state index in [0.717, 1.165) is 4.68 Å². The molecule has 0 spiro atoms. The Morgan fingerprint density at radius 3 is 2.44 bits per heavy atom.